The summed E-state index contributed by atoms with van der Waals surface area (Å²) in [4.78, 5) is 0. The Hall–Kier alpha value is 0.817. The summed E-state index contributed by atoms with van der Waals surface area (Å²) in [5.41, 5.74) is 2.65. The Morgan fingerprint density at radius 1 is 1.25 bits per heavy atom. The summed E-state index contributed by atoms with van der Waals surface area (Å²) in [6.07, 6.45) is 15.9. The van der Waals surface area contributed by atoms with Gasteiger partial charge in [0.1, 0.15) is 0 Å². The van der Waals surface area contributed by atoms with Gasteiger partial charge in [0.2, 0.25) is 0 Å². The van der Waals surface area contributed by atoms with Gasteiger partial charge in [-0.05, 0) is 36.3 Å². The van der Waals surface area contributed by atoms with Gasteiger partial charge in [-0.2, -0.15) is 11.6 Å². The summed E-state index contributed by atoms with van der Waals surface area (Å²) in [6.45, 7) is 13.5. The zero-order chi connectivity index (χ0) is 16.1. The molecule has 24 heavy (non-hydrogen) atoms. The number of hydrogen-bond donors (Lipinski definition) is 0. The Morgan fingerprint density at radius 2 is 1.83 bits per heavy atom. The van der Waals surface area contributed by atoms with Crippen LogP contribution < -0.4 is 0 Å². The van der Waals surface area contributed by atoms with Crippen molar-refractivity contribution in [2.45, 2.75) is 65.3 Å². The molecular weight excluding hydrogens is 450 g/mol. The first-order valence-electron chi connectivity index (χ1n) is 7.94. The largest absolute Gasteiger partial charge is 2.00 e. The minimum absolute atomic E-state index is 0. The molecule has 0 N–H and O–H groups in total. The van der Waals surface area contributed by atoms with E-state index in [1.807, 2.05) is 12.2 Å². The van der Waals surface area contributed by atoms with E-state index in [1.165, 1.54) is 16.3 Å². The molecule has 0 fully saturated rings. The molecule has 2 rings (SSSR count). The molecule has 1 unspecified atom stereocenters. The molecule has 1 nitrogen and oxygen atoms in total. The van der Waals surface area contributed by atoms with Crippen LogP contribution in [0.4, 0.5) is 0 Å². The van der Waals surface area contributed by atoms with Crippen molar-refractivity contribution in [2.75, 3.05) is 0 Å². The molecule has 0 radical (unpaired) electrons. The smallest absolute Gasteiger partial charge is 0.423 e. The van der Waals surface area contributed by atoms with Gasteiger partial charge < -0.3 is 4.43 Å². The van der Waals surface area contributed by atoms with Crippen molar-refractivity contribution in [3.8, 4) is 0 Å². The molecule has 0 saturated heterocycles. The van der Waals surface area contributed by atoms with E-state index >= 15 is 0 Å². The summed E-state index contributed by atoms with van der Waals surface area (Å²) >= 11 is 0. The molecule has 2 aliphatic carbocycles. The van der Waals surface area contributed by atoms with Gasteiger partial charge in [0, 0.05) is 5.60 Å². The van der Waals surface area contributed by atoms with Crippen LogP contribution in [-0.4, -0.2) is 24.2 Å². The molecule has 0 aromatic heterocycles. The standard InChI is InChI=1S/C13H25OSi2.C5H5.2ClH.Zr/c1-7-8-13(14-16(4,5)6)9-12(15)10(2)11(13)3;1-2-4-5-3-1;;;/h7-8H2,1-6,15H3;1-3H,4H2;2*1H;/q2*-1;;;+2. The first kappa shape index (κ1) is 29.6. The third-order valence-corrected chi connectivity index (χ3v) is 5.75. The van der Waals surface area contributed by atoms with Crippen LogP contribution in [0.3, 0.4) is 0 Å². The second-order valence-electron chi connectivity index (χ2n) is 6.79. The van der Waals surface area contributed by atoms with Gasteiger partial charge in [0.05, 0.1) is 0 Å². The summed E-state index contributed by atoms with van der Waals surface area (Å²) in [7, 11) is -0.450. The first-order valence-corrected chi connectivity index (χ1v) is 12.3. The fourth-order valence-corrected chi connectivity index (χ4v) is 4.82. The molecule has 0 aromatic carbocycles. The van der Waals surface area contributed by atoms with Gasteiger partial charge in [0.25, 0.3) is 0 Å². The van der Waals surface area contributed by atoms with E-state index in [2.05, 4.69) is 58.6 Å². The van der Waals surface area contributed by atoms with E-state index in [0.29, 0.717) is 0 Å². The maximum absolute atomic E-state index is 6.45. The maximum Gasteiger partial charge on any atom is 2.00 e. The monoisotopic (exact) mass is 480 g/mol. The van der Waals surface area contributed by atoms with Gasteiger partial charge in [-0.15, -0.1) is 43.7 Å². The van der Waals surface area contributed by atoms with E-state index in [1.54, 1.807) is 0 Å². The fourth-order valence-electron chi connectivity index (χ4n) is 2.69. The predicted octanol–water partition coefficient (Wildman–Crippen LogP) is 4.93. The Balaban J connectivity index is -0.000000475. The van der Waals surface area contributed by atoms with E-state index < -0.39 is 8.32 Å². The Morgan fingerprint density at radius 3 is 2.08 bits per heavy atom. The third-order valence-electron chi connectivity index (χ3n) is 3.79. The van der Waals surface area contributed by atoms with Crippen molar-refractivity contribution in [1.82, 2.24) is 0 Å². The van der Waals surface area contributed by atoms with Crippen LogP contribution in [0.25, 0.3) is 0 Å². The molecule has 0 saturated carbocycles. The Kier molecular flexibility index (Phi) is 16.1. The normalized spacial score (nSPS) is 21.3. The number of allylic oxidation sites excluding steroid dienone is 6. The van der Waals surface area contributed by atoms with Crippen molar-refractivity contribution in [3.05, 3.63) is 46.7 Å². The predicted molar refractivity (Wildman–Crippen MR) is 113 cm³/mol. The van der Waals surface area contributed by atoms with Crippen LogP contribution >= 0.6 is 24.8 Å². The minimum Gasteiger partial charge on any atom is -0.423 e. The van der Waals surface area contributed by atoms with Crippen molar-refractivity contribution in [2.24, 2.45) is 0 Å². The maximum atomic E-state index is 6.45. The van der Waals surface area contributed by atoms with E-state index in [0.717, 1.165) is 29.5 Å². The molecule has 136 valence electrons. The van der Waals surface area contributed by atoms with Crippen LogP contribution in [-0.2, 0) is 30.6 Å². The zero-order valence-electron chi connectivity index (χ0n) is 16.1. The van der Waals surface area contributed by atoms with Gasteiger partial charge in [-0.3, -0.25) is 6.08 Å². The van der Waals surface area contributed by atoms with Gasteiger partial charge in [0.15, 0.2) is 8.32 Å². The number of rotatable bonds is 4. The molecule has 6 heteroatoms. The molecule has 0 aromatic rings. The minimum atomic E-state index is -1.53. The van der Waals surface area contributed by atoms with Crippen LogP contribution in [0, 0.1) is 12.2 Å². The SMILES string of the molecule is CCCC1(O[Si](C)(C)C)[C-]=C([SiH3])C(C)=C1C.Cl.Cl.[C-]1=CC=CC1.[Zr+2]. The molecular formula is C18H32Cl2OSi2Zr. The molecule has 2 aliphatic rings. The van der Waals surface area contributed by atoms with E-state index in [9.17, 15) is 0 Å². The van der Waals surface area contributed by atoms with Crippen molar-refractivity contribution in [1.29, 1.82) is 0 Å². The average molecular weight is 483 g/mol. The van der Waals surface area contributed by atoms with E-state index in [4.69, 9.17) is 4.43 Å². The van der Waals surface area contributed by atoms with Crippen molar-refractivity contribution < 1.29 is 30.6 Å². The summed E-state index contributed by atoms with van der Waals surface area (Å²) in [5, 5.41) is 1.41. The first-order chi connectivity index (χ1) is 9.72. The third kappa shape index (κ3) is 8.96. The fraction of sp³-hybridized carbons (Fsp3) is 0.556. The van der Waals surface area contributed by atoms with Gasteiger partial charge >= 0.3 is 26.2 Å². The molecule has 0 spiro atoms. The van der Waals surface area contributed by atoms with Crippen molar-refractivity contribution >= 4 is 43.4 Å². The average Bonchev–Trinajstić information content (AvgIpc) is 2.98. The molecule has 0 bridgehead atoms. The molecule has 1 atom stereocenters. The summed E-state index contributed by atoms with van der Waals surface area (Å²) in [5.74, 6) is 0. The van der Waals surface area contributed by atoms with E-state index in [-0.39, 0.29) is 56.6 Å². The Labute approximate surface area is 185 Å². The van der Waals surface area contributed by atoms with Crippen LogP contribution in [0.1, 0.15) is 40.0 Å². The summed E-state index contributed by atoms with van der Waals surface area (Å²) in [6, 6.07) is 0. The van der Waals surface area contributed by atoms with Crippen molar-refractivity contribution in [3.63, 3.8) is 0 Å². The quantitative estimate of drug-likeness (QED) is 0.408. The van der Waals surface area contributed by atoms with Crippen LogP contribution in [0.15, 0.2) is 34.6 Å². The Bertz CT molecular complexity index is 484. The zero-order valence-corrected chi connectivity index (χ0v) is 23.2. The topological polar surface area (TPSA) is 9.23 Å². The number of hydrogen-bond acceptors (Lipinski definition) is 1. The second-order valence-corrected chi connectivity index (χ2v) is 12.2. The molecule has 0 aliphatic heterocycles. The van der Waals surface area contributed by atoms with Crippen LogP contribution in [0.5, 0.6) is 0 Å². The van der Waals surface area contributed by atoms with Crippen LogP contribution in [0.2, 0.25) is 19.6 Å². The van der Waals surface area contributed by atoms with Gasteiger partial charge in [-0.1, -0.05) is 20.3 Å². The van der Waals surface area contributed by atoms with Gasteiger partial charge in [-0.25, -0.2) is 23.4 Å². The summed E-state index contributed by atoms with van der Waals surface area (Å²) < 4.78 is 6.45. The molecule has 0 heterocycles. The number of halogens is 2. The molecule has 0 amide bonds. The second kappa shape index (κ2) is 13.1.